The third kappa shape index (κ3) is 2.65. The maximum absolute atomic E-state index is 11.6. The van der Waals surface area contributed by atoms with Crippen molar-refractivity contribution in [2.24, 2.45) is 0 Å². The summed E-state index contributed by atoms with van der Waals surface area (Å²) in [7, 11) is 0. The molecule has 0 aliphatic heterocycles. The van der Waals surface area contributed by atoms with Crippen LogP contribution in [0.15, 0.2) is 5.38 Å². The molecule has 0 aliphatic carbocycles. The molecule has 1 aromatic heterocycles. The fourth-order valence-electron chi connectivity index (χ4n) is 0.720. The van der Waals surface area contributed by atoms with E-state index in [1.807, 2.05) is 20.8 Å². The largest absolute Gasteiger partial charge is 0.344 e. The number of hydrogen-bond acceptors (Lipinski definition) is 4. The van der Waals surface area contributed by atoms with Crippen LogP contribution < -0.4 is 5.32 Å². The second-order valence-electron chi connectivity index (χ2n) is 3.58. The van der Waals surface area contributed by atoms with Gasteiger partial charge in [-0.25, -0.2) is 0 Å². The first-order chi connectivity index (χ1) is 6.43. The Morgan fingerprint density at radius 3 is 2.79 bits per heavy atom. The number of carbonyl (C=O) groups excluding carboxylic acids is 1. The van der Waals surface area contributed by atoms with Crippen LogP contribution >= 0.6 is 23.1 Å². The lowest BCUT2D eigenvalue weighted by molar-refractivity contribution is 0.0907. The summed E-state index contributed by atoms with van der Waals surface area (Å²) in [5.74, 6) is -0.240. The van der Waals surface area contributed by atoms with Crippen molar-refractivity contribution >= 4 is 29.0 Å². The molecule has 0 radical (unpaired) electrons. The van der Waals surface area contributed by atoms with Crippen molar-refractivity contribution in [3.05, 3.63) is 11.1 Å². The molecule has 0 saturated heterocycles. The Labute approximate surface area is 91.8 Å². The molecule has 0 aromatic carbocycles. The van der Waals surface area contributed by atoms with Crippen LogP contribution in [0.4, 0.5) is 0 Å². The van der Waals surface area contributed by atoms with Crippen molar-refractivity contribution in [3.8, 4) is 0 Å². The summed E-state index contributed by atoms with van der Waals surface area (Å²) < 4.78 is 3.62. The van der Waals surface area contributed by atoms with Gasteiger partial charge in [0.05, 0.1) is 10.9 Å². The Hall–Kier alpha value is -0.680. The number of nitrogens with one attached hydrogen (secondary N) is 1. The second kappa shape index (κ2) is 4.23. The first-order valence-corrected chi connectivity index (χ1v) is 5.44. The lowest BCUT2D eigenvalue weighted by Crippen LogP contribution is -2.49. The van der Waals surface area contributed by atoms with Gasteiger partial charge in [0.2, 0.25) is 0 Å². The second-order valence-corrected chi connectivity index (χ2v) is 4.85. The zero-order valence-electron chi connectivity index (χ0n) is 8.24. The molecule has 6 heteroatoms. The molecule has 0 saturated carbocycles. The molecule has 1 heterocycles. The third-order valence-electron chi connectivity index (χ3n) is 2.02. The van der Waals surface area contributed by atoms with Crippen LogP contribution in [0, 0.1) is 0 Å². The van der Waals surface area contributed by atoms with Gasteiger partial charge >= 0.3 is 0 Å². The van der Waals surface area contributed by atoms with Crippen molar-refractivity contribution in [1.29, 1.82) is 0 Å². The predicted octanol–water partition coefficient (Wildman–Crippen LogP) is 1.67. The summed E-state index contributed by atoms with van der Waals surface area (Å²) in [6.45, 7) is 5.56. The lowest BCUT2D eigenvalue weighted by atomic mass is 10.0. The number of aromatic nitrogens is 2. The summed E-state index contributed by atoms with van der Waals surface area (Å²) >= 11 is 7.07. The maximum atomic E-state index is 11.6. The number of nitrogens with zero attached hydrogens (tertiary/aromatic N) is 2. The Morgan fingerprint density at radius 1 is 1.71 bits per heavy atom. The van der Waals surface area contributed by atoms with Gasteiger partial charge in [0.15, 0.2) is 5.69 Å². The zero-order valence-corrected chi connectivity index (χ0v) is 9.82. The van der Waals surface area contributed by atoms with Gasteiger partial charge in [0.25, 0.3) is 5.91 Å². The highest BCUT2D eigenvalue weighted by Crippen LogP contribution is 2.15. The molecule has 1 unspecified atom stereocenters. The average molecular weight is 234 g/mol. The van der Waals surface area contributed by atoms with Gasteiger partial charge in [0.1, 0.15) is 0 Å². The SMILES string of the molecule is CC(Cl)C(C)(C)NC(=O)c1csnn1. The standard InChI is InChI=1S/C8H12ClN3OS/c1-5(9)8(2,3)10-7(13)6-4-14-12-11-6/h4-5H,1-3H3,(H,10,13). The van der Waals surface area contributed by atoms with Gasteiger partial charge in [-0.1, -0.05) is 4.49 Å². The predicted molar refractivity (Wildman–Crippen MR) is 56.8 cm³/mol. The Kier molecular flexibility index (Phi) is 3.44. The topological polar surface area (TPSA) is 54.9 Å². The van der Waals surface area contributed by atoms with Crippen molar-refractivity contribution in [1.82, 2.24) is 14.9 Å². The first kappa shape index (κ1) is 11.4. The highest BCUT2D eigenvalue weighted by Gasteiger charge is 2.27. The van der Waals surface area contributed by atoms with E-state index in [0.717, 1.165) is 11.5 Å². The number of rotatable bonds is 3. The Balaban J connectivity index is 2.66. The molecular formula is C8H12ClN3OS. The minimum Gasteiger partial charge on any atom is -0.344 e. The molecule has 0 fully saturated rings. The molecule has 78 valence electrons. The van der Waals surface area contributed by atoms with Gasteiger partial charge < -0.3 is 5.32 Å². The van der Waals surface area contributed by atoms with Crippen LogP contribution in [-0.4, -0.2) is 26.4 Å². The van der Waals surface area contributed by atoms with Gasteiger partial charge in [-0.05, 0) is 32.3 Å². The summed E-state index contributed by atoms with van der Waals surface area (Å²) in [4.78, 5) is 11.6. The first-order valence-electron chi connectivity index (χ1n) is 4.17. The molecule has 1 aromatic rings. The van der Waals surface area contributed by atoms with Gasteiger partial charge in [-0.2, -0.15) is 0 Å². The average Bonchev–Trinajstić information content (AvgIpc) is 2.54. The number of hydrogen-bond donors (Lipinski definition) is 1. The number of halogens is 1. The van der Waals surface area contributed by atoms with Crippen LogP contribution in [0.25, 0.3) is 0 Å². The third-order valence-corrected chi connectivity index (χ3v) is 3.07. The maximum Gasteiger partial charge on any atom is 0.273 e. The molecule has 0 bridgehead atoms. The normalized spacial score (nSPS) is 13.7. The van der Waals surface area contributed by atoms with E-state index in [1.54, 1.807) is 5.38 Å². The van der Waals surface area contributed by atoms with Crippen LogP contribution in [0.3, 0.4) is 0 Å². The number of carbonyl (C=O) groups is 1. The summed E-state index contributed by atoms with van der Waals surface area (Å²) in [5, 5.41) is 7.91. The summed E-state index contributed by atoms with van der Waals surface area (Å²) in [6, 6.07) is 0. The van der Waals surface area contributed by atoms with E-state index in [4.69, 9.17) is 11.6 Å². The van der Waals surface area contributed by atoms with E-state index in [2.05, 4.69) is 14.9 Å². The van der Waals surface area contributed by atoms with Gasteiger partial charge in [-0.3, -0.25) is 4.79 Å². The van der Waals surface area contributed by atoms with E-state index >= 15 is 0 Å². The Bertz CT molecular complexity index is 310. The van der Waals surface area contributed by atoms with Crippen LogP contribution in [-0.2, 0) is 0 Å². The zero-order chi connectivity index (χ0) is 10.8. The fraction of sp³-hybridized carbons (Fsp3) is 0.625. The molecular weight excluding hydrogens is 222 g/mol. The molecule has 4 nitrogen and oxygen atoms in total. The molecule has 0 aliphatic rings. The van der Waals surface area contributed by atoms with E-state index < -0.39 is 5.54 Å². The van der Waals surface area contributed by atoms with Crippen molar-refractivity contribution in [2.45, 2.75) is 31.7 Å². The van der Waals surface area contributed by atoms with Crippen molar-refractivity contribution in [2.75, 3.05) is 0 Å². The number of alkyl halides is 1. The van der Waals surface area contributed by atoms with E-state index in [9.17, 15) is 4.79 Å². The van der Waals surface area contributed by atoms with Gasteiger partial charge in [0, 0.05) is 5.38 Å². The molecule has 1 atom stereocenters. The van der Waals surface area contributed by atoms with E-state index in [1.165, 1.54) is 0 Å². The molecule has 14 heavy (non-hydrogen) atoms. The molecule has 1 rings (SSSR count). The van der Waals surface area contributed by atoms with Crippen LogP contribution in [0.5, 0.6) is 0 Å². The monoisotopic (exact) mass is 233 g/mol. The molecule has 1 amide bonds. The molecule has 1 N–H and O–H groups in total. The summed E-state index contributed by atoms with van der Waals surface area (Å²) in [6.07, 6.45) is 0. The minimum absolute atomic E-state index is 0.155. The van der Waals surface area contributed by atoms with Crippen LogP contribution in [0.1, 0.15) is 31.3 Å². The smallest absolute Gasteiger partial charge is 0.273 e. The van der Waals surface area contributed by atoms with Crippen LogP contribution in [0.2, 0.25) is 0 Å². The van der Waals surface area contributed by atoms with Gasteiger partial charge in [-0.15, -0.1) is 16.7 Å². The highest BCUT2D eigenvalue weighted by atomic mass is 35.5. The minimum atomic E-state index is -0.456. The fourth-order valence-corrected chi connectivity index (χ4v) is 1.21. The number of amides is 1. The quantitative estimate of drug-likeness (QED) is 0.809. The van der Waals surface area contributed by atoms with Crippen molar-refractivity contribution < 1.29 is 4.79 Å². The lowest BCUT2D eigenvalue weighted by Gasteiger charge is -2.28. The highest BCUT2D eigenvalue weighted by molar-refractivity contribution is 7.03. The Morgan fingerprint density at radius 2 is 2.36 bits per heavy atom. The molecule has 0 spiro atoms. The summed E-state index contributed by atoms with van der Waals surface area (Å²) in [5.41, 5.74) is -0.122. The van der Waals surface area contributed by atoms with E-state index in [0.29, 0.717) is 5.69 Å². The van der Waals surface area contributed by atoms with Crippen molar-refractivity contribution in [3.63, 3.8) is 0 Å². The van der Waals surface area contributed by atoms with E-state index in [-0.39, 0.29) is 11.3 Å².